The van der Waals surface area contributed by atoms with Crippen molar-refractivity contribution in [1.29, 1.82) is 0 Å². The molecule has 0 N–H and O–H groups in total. The number of carbonyl (C=O) groups excluding carboxylic acids is 1. The van der Waals surface area contributed by atoms with Crippen molar-refractivity contribution in [2.75, 3.05) is 0 Å². The van der Waals surface area contributed by atoms with E-state index in [-0.39, 0.29) is 11.2 Å². The Kier molecular flexibility index (Phi) is 3.25. The van der Waals surface area contributed by atoms with E-state index in [1.807, 2.05) is 25.1 Å². The summed E-state index contributed by atoms with van der Waals surface area (Å²) in [5, 5.41) is 0.729. The molecule has 1 heterocycles. The van der Waals surface area contributed by atoms with Crippen molar-refractivity contribution in [2.45, 2.75) is 40.5 Å². The van der Waals surface area contributed by atoms with Gasteiger partial charge in [0, 0.05) is 23.4 Å². The number of Topliss-reactive ketones (excluding diaryl/α,β-unsaturated/α-hetero) is 1. The number of aromatic nitrogens is 1. The van der Waals surface area contributed by atoms with E-state index in [0.29, 0.717) is 6.42 Å². The molecule has 1 aliphatic carbocycles. The first-order chi connectivity index (χ1) is 9.80. The van der Waals surface area contributed by atoms with Crippen LogP contribution in [-0.2, 0) is 6.42 Å². The Bertz CT molecular complexity index is 720. The number of para-hydroxylation sites is 1. The molecule has 1 aromatic heterocycles. The van der Waals surface area contributed by atoms with Crippen LogP contribution in [0, 0.1) is 19.3 Å². The van der Waals surface area contributed by atoms with Crippen LogP contribution in [-0.4, -0.2) is 10.4 Å². The van der Waals surface area contributed by atoms with Gasteiger partial charge >= 0.3 is 0 Å². The molecule has 1 aromatic carbocycles. The largest absolute Gasteiger partial charge is 0.316 e. The zero-order valence-electron chi connectivity index (χ0n) is 13.0. The van der Waals surface area contributed by atoms with Gasteiger partial charge in [-0.05, 0) is 43.4 Å². The minimum atomic E-state index is 0.00177. The third kappa shape index (κ3) is 2.32. The molecule has 2 aromatic rings. The number of halogens is 1. The topological polar surface area (TPSA) is 22.0 Å². The molecule has 0 aliphatic heterocycles. The first-order valence-corrected chi connectivity index (χ1v) is 7.68. The van der Waals surface area contributed by atoms with E-state index >= 15 is 0 Å². The summed E-state index contributed by atoms with van der Waals surface area (Å²) in [6, 6.07) is 7.94. The number of nitrogens with zero attached hydrogens (tertiary/aromatic N) is 1. The third-order valence-corrected chi connectivity index (χ3v) is 4.59. The standard InChI is InChI=1S/C18H20ClNO/c1-11-6-5-7-14(19)17(11)20-12(2)8-13-15(20)9-18(3,4)10-16(13)21/h5-8H,9-10H2,1-4H3. The highest BCUT2D eigenvalue weighted by molar-refractivity contribution is 6.32. The summed E-state index contributed by atoms with van der Waals surface area (Å²) in [6.07, 6.45) is 1.51. The zero-order chi connectivity index (χ0) is 15.4. The maximum absolute atomic E-state index is 12.4. The molecule has 2 nitrogen and oxygen atoms in total. The summed E-state index contributed by atoms with van der Waals surface area (Å²) < 4.78 is 2.17. The van der Waals surface area contributed by atoms with Crippen LogP contribution in [0.4, 0.5) is 0 Å². The number of carbonyl (C=O) groups is 1. The van der Waals surface area contributed by atoms with Crippen LogP contribution in [0.25, 0.3) is 5.69 Å². The summed E-state index contributed by atoms with van der Waals surface area (Å²) in [6.45, 7) is 8.41. The second-order valence-corrected chi connectivity index (χ2v) is 7.23. The van der Waals surface area contributed by atoms with Crippen molar-refractivity contribution in [3.05, 3.63) is 51.8 Å². The van der Waals surface area contributed by atoms with Crippen molar-refractivity contribution in [3.8, 4) is 5.69 Å². The third-order valence-electron chi connectivity index (χ3n) is 4.28. The maximum Gasteiger partial charge on any atom is 0.165 e. The van der Waals surface area contributed by atoms with Gasteiger partial charge in [-0.15, -0.1) is 0 Å². The lowest BCUT2D eigenvalue weighted by atomic mass is 9.76. The first-order valence-electron chi connectivity index (χ1n) is 7.30. The molecular weight excluding hydrogens is 282 g/mol. The number of rotatable bonds is 1. The maximum atomic E-state index is 12.4. The lowest BCUT2D eigenvalue weighted by Crippen LogP contribution is -2.28. The molecule has 110 valence electrons. The SMILES string of the molecule is Cc1cccc(Cl)c1-n1c(C)cc2c1CC(C)(C)CC2=O. The van der Waals surface area contributed by atoms with Crippen molar-refractivity contribution >= 4 is 17.4 Å². The predicted molar refractivity (Wildman–Crippen MR) is 86.7 cm³/mol. The zero-order valence-corrected chi connectivity index (χ0v) is 13.7. The van der Waals surface area contributed by atoms with E-state index < -0.39 is 0 Å². The monoisotopic (exact) mass is 301 g/mol. The van der Waals surface area contributed by atoms with Crippen LogP contribution >= 0.6 is 11.6 Å². The molecule has 3 heteroatoms. The Morgan fingerprint density at radius 3 is 2.57 bits per heavy atom. The first kappa shape index (κ1) is 14.4. The molecule has 0 bridgehead atoms. The second kappa shape index (κ2) is 4.74. The average molecular weight is 302 g/mol. The molecule has 0 amide bonds. The molecule has 0 spiro atoms. The molecule has 0 atom stereocenters. The Hall–Kier alpha value is -1.54. The quantitative estimate of drug-likeness (QED) is 0.734. The van der Waals surface area contributed by atoms with E-state index in [4.69, 9.17) is 11.6 Å². The van der Waals surface area contributed by atoms with E-state index in [9.17, 15) is 4.79 Å². The molecule has 0 unspecified atom stereocenters. The average Bonchev–Trinajstić information content (AvgIpc) is 2.66. The van der Waals surface area contributed by atoms with Crippen LogP contribution < -0.4 is 0 Å². The predicted octanol–water partition coefficient (Wildman–Crippen LogP) is 4.90. The van der Waals surface area contributed by atoms with Gasteiger partial charge in [0.05, 0.1) is 10.7 Å². The molecule has 0 saturated carbocycles. The van der Waals surface area contributed by atoms with E-state index in [1.54, 1.807) is 0 Å². The fourth-order valence-corrected chi connectivity index (χ4v) is 3.68. The minimum absolute atomic E-state index is 0.00177. The molecular formula is C18H20ClNO. The van der Waals surface area contributed by atoms with Crippen LogP contribution in [0.2, 0.25) is 5.02 Å². The summed E-state index contributed by atoms with van der Waals surface area (Å²) in [5.74, 6) is 0.243. The van der Waals surface area contributed by atoms with E-state index in [0.717, 1.165) is 39.6 Å². The van der Waals surface area contributed by atoms with Gasteiger partial charge in [0.1, 0.15) is 0 Å². The number of hydrogen-bond acceptors (Lipinski definition) is 1. The highest BCUT2D eigenvalue weighted by Crippen LogP contribution is 2.39. The highest BCUT2D eigenvalue weighted by atomic mass is 35.5. The number of ketones is 1. The molecule has 0 saturated heterocycles. The second-order valence-electron chi connectivity index (χ2n) is 6.83. The smallest absolute Gasteiger partial charge is 0.165 e. The van der Waals surface area contributed by atoms with Gasteiger partial charge in [0.2, 0.25) is 0 Å². The normalized spacial score (nSPS) is 16.9. The van der Waals surface area contributed by atoms with Crippen molar-refractivity contribution < 1.29 is 4.79 Å². The Balaban J connectivity index is 2.29. The van der Waals surface area contributed by atoms with E-state index in [2.05, 4.69) is 31.4 Å². The van der Waals surface area contributed by atoms with Crippen molar-refractivity contribution in [3.63, 3.8) is 0 Å². The minimum Gasteiger partial charge on any atom is -0.316 e. The van der Waals surface area contributed by atoms with Gasteiger partial charge in [-0.2, -0.15) is 0 Å². The van der Waals surface area contributed by atoms with Crippen LogP contribution in [0.5, 0.6) is 0 Å². The molecule has 21 heavy (non-hydrogen) atoms. The fraction of sp³-hybridized carbons (Fsp3) is 0.389. The number of benzene rings is 1. The van der Waals surface area contributed by atoms with Gasteiger partial charge in [-0.25, -0.2) is 0 Å². The Morgan fingerprint density at radius 2 is 1.90 bits per heavy atom. The van der Waals surface area contributed by atoms with Gasteiger partial charge in [-0.1, -0.05) is 37.6 Å². The van der Waals surface area contributed by atoms with Crippen molar-refractivity contribution in [2.24, 2.45) is 5.41 Å². The molecule has 3 rings (SSSR count). The molecule has 0 fully saturated rings. The van der Waals surface area contributed by atoms with Gasteiger partial charge in [0.15, 0.2) is 5.78 Å². The Labute approximate surface area is 130 Å². The lowest BCUT2D eigenvalue weighted by Gasteiger charge is -2.30. The number of aryl methyl sites for hydroxylation is 2. The van der Waals surface area contributed by atoms with Crippen molar-refractivity contribution in [1.82, 2.24) is 4.57 Å². The Morgan fingerprint density at radius 1 is 1.19 bits per heavy atom. The fourth-order valence-electron chi connectivity index (χ4n) is 3.37. The summed E-state index contributed by atoms with van der Waals surface area (Å²) >= 11 is 6.44. The number of hydrogen-bond donors (Lipinski definition) is 0. The van der Waals surface area contributed by atoms with Gasteiger partial charge in [-0.3, -0.25) is 4.79 Å². The summed E-state index contributed by atoms with van der Waals surface area (Å²) in [5.41, 5.74) is 5.17. The van der Waals surface area contributed by atoms with Crippen LogP contribution in [0.15, 0.2) is 24.3 Å². The summed E-state index contributed by atoms with van der Waals surface area (Å²) in [4.78, 5) is 12.4. The number of fused-ring (bicyclic) bond motifs is 1. The van der Waals surface area contributed by atoms with Gasteiger partial charge < -0.3 is 4.57 Å². The summed E-state index contributed by atoms with van der Waals surface area (Å²) in [7, 11) is 0. The molecule has 1 aliphatic rings. The lowest BCUT2D eigenvalue weighted by molar-refractivity contribution is 0.0911. The molecule has 0 radical (unpaired) electrons. The van der Waals surface area contributed by atoms with Crippen LogP contribution in [0.3, 0.4) is 0 Å². The van der Waals surface area contributed by atoms with Crippen LogP contribution in [0.1, 0.15) is 47.6 Å². The van der Waals surface area contributed by atoms with Gasteiger partial charge in [0.25, 0.3) is 0 Å². The van der Waals surface area contributed by atoms with E-state index in [1.165, 1.54) is 0 Å². The highest BCUT2D eigenvalue weighted by Gasteiger charge is 2.34.